The minimum atomic E-state index is -0.751. The van der Waals surface area contributed by atoms with Gasteiger partial charge in [0.15, 0.2) is 0 Å². The Kier molecular flexibility index (Phi) is 3.31. The van der Waals surface area contributed by atoms with Crippen molar-refractivity contribution in [3.63, 3.8) is 0 Å². The van der Waals surface area contributed by atoms with E-state index in [-0.39, 0.29) is 6.54 Å². The summed E-state index contributed by atoms with van der Waals surface area (Å²) in [6.45, 7) is -0.155. The number of para-hydroxylation sites is 1. The second-order valence-electron chi connectivity index (χ2n) is 3.52. The molecule has 0 amide bonds. The molecule has 0 unspecified atom stereocenters. The van der Waals surface area contributed by atoms with Crippen molar-refractivity contribution in [2.45, 2.75) is 6.54 Å². The van der Waals surface area contributed by atoms with Crippen LogP contribution in [0.3, 0.4) is 0 Å². The summed E-state index contributed by atoms with van der Waals surface area (Å²) in [5.41, 5.74) is -1.05. The summed E-state index contributed by atoms with van der Waals surface area (Å²) in [5, 5.41) is 8.90. The predicted octanol–water partition coefficient (Wildman–Crippen LogP) is 1.18. The van der Waals surface area contributed by atoms with Crippen LogP contribution in [0.2, 0.25) is 5.02 Å². The molecule has 90 valence electrons. The van der Waals surface area contributed by atoms with Gasteiger partial charge in [0.25, 0.3) is 0 Å². The fourth-order valence-corrected chi connectivity index (χ4v) is 1.77. The van der Waals surface area contributed by atoms with Crippen molar-refractivity contribution in [3.05, 3.63) is 62.4 Å². The lowest BCUT2D eigenvalue weighted by Gasteiger charge is -2.08. The lowest BCUT2D eigenvalue weighted by Crippen LogP contribution is -2.39. The smallest absolute Gasteiger partial charge is 0.295 e. The van der Waals surface area contributed by atoms with Gasteiger partial charge in [-0.3, -0.25) is 18.7 Å². The van der Waals surface area contributed by atoms with Gasteiger partial charge >= 0.3 is 11.1 Å². The van der Waals surface area contributed by atoms with Gasteiger partial charge in [-0.1, -0.05) is 23.7 Å². The van der Waals surface area contributed by atoms with E-state index in [4.69, 9.17) is 16.9 Å². The molecule has 0 fully saturated rings. The molecule has 1 heterocycles. The molecule has 0 aliphatic heterocycles. The predicted molar refractivity (Wildman–Crippen MR) is 66.9 cm³/mol. The highest BCUT2D eigenvalue weighted by molar-refractivity contribution is 6.32. The summed E-state index contributed by atoms with van der Waals surface area (Å²) in [5.74, 6) is 0. The summed E-state index contributed by atoms with van der Waals surface area (Å²) in [7, 11) is 0. The lowest BCUT2D eigenvalue weighted by atomic mass is 10.3. The van der Waals surface area contributed by atoms with Crippen LogP contribution in [-0.2, 0) is 6.54 Å². The monoisotopic (exact) mass is 261 g/mol. The largest absolute Gasteiger partial charge is 0.321 e. The van der Waals surface area contributed by atoms with Crippen LogP contribution in [0.15, 0.2) is 46.2 Å². The fraction of sp³-hybridized carbons (Fsp3) is 0.0833. The van der Waals surface area contributed by atoms with Crippen molar-refractivity contribution in [1.29, 1.82) is 5.26 Å². The Labute approximate surface area is 107 Å². The Morgan fingerprint density at radius 1 is 1.17 bits per heavy atom. The molecule has 0 bridgehead atoms. The van der Waals surface area contributed by atoms with Gasteiger partial charge < -0.3 is 0 Å². The first-order valence-corrected chi connectivity index (χ1v) is 5.47. The molecular weight excluding hydrogens is 254 g/mol. The number of rotatable bonds is 2. The molecule has 0 spiro atoms. The van der Waals surface area contributed by atoms with Crippen molar-refractivity contribution in [3.8, 4) is 11.8 Å². The molecule has 0 saturated heterocycles. The normalized spacial score (nSPS) is 10.0. The quantitative estimate of drug-likeness (QED) is 0.762. The van der Waals surface area contributed by atoms with Crippen molar-refractivity contribution in [1.82, 2.24) is 9.13 Å². The Bertz CT molecular complexity index is 740. The molecule has 0 N–H and O–H groups in total. The fourth-order valence-electron chi connectivity index (χ4n) is 1.55. The molecule has 1 aromatic heterocycles. The van der Waals surface area contributed by atoms with Crippen molar-refractivity contribution >= 4 is 11.6 Å². The first-order valence-electron chi connectivity index (χ1n) is 5.09. The van der Waals surface area contributed by atoms with Crippen LogP contribution in [-0.4, -0.2) is 9.13 Å². The number of hydrogen-bond donors (Lipinski definition) is 0. The van der Waals surface area contributed by atoms with E-state index in [1.807, 2.05) is 6.07 Å². The minimum Gasteiger partial charge on any atom is -0.295 e. The molecule has 0 aliphatic carbocycles. The number of benzene rings is 1. The van der Waals surface area contributed by atoms with Crippen LogP contribution in [0.5, 0.6) is 0 Å². The average molecular weight is 262 g/mol. The van der Waals surface area contributed by atoms with E-state index < -0.39 is 11.1 Å². The van der Waals surface area contributed by atoms with Crippen LogP contribution in [0, 0.1) is 11.3 Å². The van der Waals surface area contributed by atoms with Gasteiger partial charge in [-0.25, -0.2) is 0 Å². The maximum Gasteiger partial charge on any atom is 0.321 e. The highest BCUT2D eigenvalue weighted by Gasteiger charge is 2.08. The van der Waals surface area contributed by atoms with Crippen molar-refractivity contribution < 1.29 is 0 Å². The van der Waals surface area contributed by atoms with E-state index >= 15 is 0 Å². The summed E-state index contributed by atoms with van der Waals surface area (Å²) < 4.78 is 2.22. The minimum absolute atomic E-state index is 0.155. The number of aromatic nitrogens is 2. The molecule has 18 heavy (non-hydrogen) atoms. The van der Waals surface area contributed by atoms with E-state index in [9.17, 15) is 9.59 Å². The maximum atomic E-state index is 11.9. The molecule has 2 aromatic rings. The van der Waals surface area contributed by atoms with Gasteiger partial charge in [0, 0.05) is 12.4 Å². The SMILES string of the molecule is N#CCn1ccn(-c2ccccc2Cl)c(=O)c1=O. The third-order valence-electron chi connectivity index (χ3n) is 2.41. The van der Waals surface area contributed by atoms with Gasteiger partial charge in [-0.15, -0.1) is 0 Å². The molecule has 2 rings (SSSR count). The summed E-state index contributed by atoms with van der Waals surface area (Å²) >= 11 is 5.96. The van der Waals surface area contributed by atoms with Gasteiger partial charge in [-0.05, 0) is 12.1 Å². The van der Waals surface area contributed by atoms with E-state index in [1.165, 1.54) is 17.0 Å². The van der Waals surface area contributed by atoms with Gasteiger partial charge in [0.2, 0.25) is 0 Å². The van der Waals surface area contributed by atoms with E-state index in [0.29, 0.717) is 10.7 Å². The Hall–Kier alpha value is -2.32. The van der Waals surface area contributed by atoms with Gasteiger partial charge in [-0.2, -0.15) is 5.26 Å². The first-order chi connectivity index (χ1) is 8.65. The molecule has 5 nitrogen and oxygen atoms in total. The molecule has 0 radical (unpaired) electrons. The molecule has 0 saturated carbocycles. The average Bonchev–Trinajstić information content (AvgIpc) is 2.37. The zero-order chi connectivity index (χ0) is 13.1. The van der Waals surface area contributed by atoms with Crippen LogP contribution >= 0.6 is 11.6 Å². The van der Waals surface area contributed by atoms with Crippen LogP contribution < -0.4 is 11.1 Å². The Balaban J connectivity index is 2.67. The van der Waals surface area contributed by atoms with Crippen molar-refractivity contribution in [2.24, 2.45) is 0 Å². The van der Waals surface area contributed by atoms with E-state index in [2.05, 4.69) is 0 Å². The zero-order valence-electron chi connectivity index (χ0n) is 9.21. The van der Waals surface area contributed by atoms with E-state index in [1.54, 1.807) is 24.3 Å². The highest BCUT2D eigenvalue weighted by atomic mass is 35.5. The Morgan fingerprint density at radius 3 is 2.56 bits per heavy atom. The standard InChI is InChI=1S/C12H8ClN3O2/c13-9-3-1-2-4-10(9)16-8-7-15(6-5-14)11(17)12(16)18/h1-4,7-8H,6H2. The number of nitrogens with zero attached hydrogens (tertiary/aromatic N) is 3. The topological polar surface area (TPSA) is 67.8 Å². The number of nitriles is 1. The number of hydrogen-bond acceptors (Lipinski definition) is 3. The van der Waals surface area contributed by atoms with Crippen LogP contribution in [0.4, 0.5) is 0 Å². The summed E-state index contributed by atoms with van der Waals surface area (Å²) in [4.78, 5) is 23.6. The molecular formula is C12H8ClN3O2. The molecule has 0 aliphatic rings. The summed E-state index contributed by atoms with van der Waals surface area (Å²) in [6.07, 6.45) is 2.80. The maximum absolute atomic E-state index is 11.9. The van der Waals surface area contributed by atoms with Crippen molar-refractivity contribution in [2.75, 3.05) is 0 Å². The van der Waals surface area contributed by atoms with E-state index in [0.717, 1.165) is 4.57 Å². The highest BCUT2D eigenvalue weighted by Crippen LogP contribution is 2.17. The molecule has 0 atom stereocenters. The second-order valence-corrected chi connectivity index (χ2v) is 3.92. The molecule has 6 heteroatoms. The van der Waals surface area contributed by atoms with Gasteiger partial charge in [0.05, 0.1) is 16.8 Å². The lowest BCUT2D eigenvalue weighted by molar-refractivity contribution is 0.739. The Morgan fingerprint density at radius 2 is 1.89 bits per heavy atom. The van der Waals surface area contributed by atoms with Crippen LogP contribution in [0.25, 0.3) is 5.69 Å². The van der Waals surface area contributed by atoms with Gasteiger partial charge in [0.1, 0.15) is 6.54 Å². The third kappa shape index (κ3) is 2.06. The molecule has 1 aromatic carbocycles. The third-order valence-corrected chi connectivity index (χ3v) is 2.73. The second kappa shape index (κ2) is 4.90. The number of halogens is 1. The zero-order valence-corrected chi connectivity index (χ0v) is 9.96. The van der Waals surface area contributed by atoms with Crippen LogP contribution in [0.1, 0.15) is 0 Å². The first kappa shape index (κ1) is 12.1. The summed E-state index contributed by atoms with van der Waals surface area (Å²) in [6, 6.07) is 8.52.